The van der Waals surface area contributed by atoms with E-state index in [0.717, 1.165) is 59.7 Å². The molecule has 0 heterocycles. The summed E-state index contributed by atoms with van der Waals surface area (Å²) in [7, 11) is -11.5. The van der Waals surface area contributed by atoms with E-state index in [4.69, 9.17) is 92.8 Å². The fourth-order valence-electron chi connectivity index (χ4n) is 9.58. The van der Waals surface area contributed by atoms with Gasteiger partial charge in [0, 0.05) is 55.5 Å². The van der Waals surface area contributed by atoms with E-state index >= 15 is 0 Å². The van der Waals surface area contributed by atoms with Gasteiger partial charge < -0.3 is 0 Å². The summed E-state index contributed by atoms with van der Waals surface area (Å²) in [6, 6.07) is 52.0. The zero-order chi connectivity index (χ0) is 75.0. The number of halogens is 16. The topological polar surface area (TPSA) is 154 Å². The zero-order valence-electron chi connectivity index (χ0n) is 51.5. The molecule has 0 saturated heterocycles. The Morgan fingerprint density at radius 1 is 0.233 bits per heavy atom. The van der Waals surface area contributed by atoms with Crippen molar-refractivity contribution in [2.45, 2.75) is 29.4 Å². The Kier molecular flexibility index (Phi) is 25.4. The summed E-state index contributed by atoms with van der Waals surface area (Å²) in [4.78, 5) is 36.7. The van der Waals surface area contributed by atoms with Crippen LogP contribution in [0.2, 0.25) is 40.2 Å². The molecule has 0 aliphatic heterocycles. The molecule has 12 aromatic rings. The third-order valence-corrected chi connectivity index (χ3v) is 22.9. The van der Waals surface area contributed by atoms with Crippen molar-refractivity contribution < 1.29 is 74.8 Å². The molecule has 103 heavy (non-hydrogen) atoms. The fourth-order valence-corrected chi connectivity index (χ4v) is 16.4. The van der Waals surface area contributed by atoms with Crippen molar-refractivity contribution >= 4 is 140 Å². The maximum absolute atomic E-state index is 13.9. The van der Waals surface area contributed by atoms with Crippen molar-refractivity contribution in [3.05, 3.63) is 363 Å². The van der Waals surface area contributed by atoms with Gasteiger partial charge in [-0.1, -0.05) is 166 Å². The summed E-state index contributed by atoms with van der Waals surface area (Å²) in [5.41, 5.74) is 1.94. The van der Waals surface area contributed by atoms with Gasteiger partial charge in [-0.25, -0.2) is 60.4 Å². The Morgan fingerprint density at radius 3 is 0.670 bits per heavy atom. The van der Waals surface area contributed by atoms with Crippen LogP contribution in [0, 0.1) is 46.5 Å². The molecule has 0 bridgehead atoms. The van der Waals surface area contributed by atoms with Gasteiger partial charge in [0.2, 0.25) is 29.5 Å². The number of hydrogen-bond donors (Lipinski definition) is 0. The van der Waals surface area contributed by atoms with E-state index in [1.807, 2.05) is 0 Å². The summed E-state index contributed by atoms with van der Waals surface area (Å²) in [6.45, 7) is 0. The van der Waals surface area contributed by atoms with Crippen LogP contribution in [0.3, 0.4) is 0 Å². The SMILES string of the molecule is O=C(c1ccc(-c2ccc(C(=O)c3ccc(F)cc3F)cc2)cc1)c1ccc(F)cc1F.O=C(c1ccc(F)cc1F)c1ccc(F)cc1F.O=S(=O)(c1ccc(-c2ccc(S(=O)(=O)c3ccc(Cl)cc3Cl)cc2)cc1)c1ccc(Cl)cc1Cl.O=S(=O)(c1ccc(Cl)cc1Cl)c1ccc(Cl)cc1Cl. The lowest BCUT2D eigenvalue weighted by atomic mass is 9.97. The Hall–Kier alpha value is -8.74. The number of hydrogen-bond acceptors (Lipinski definition) is 9. The summed E-state index contributed by atoms with van der Waals surface area (Å²) in [5, 5.41) is 1.53. The lowest BCUT2D eigenvalue weighted by molar-refractivity contribution is 0.102. The van der Waals surface area contributed by atoms with Crippen molar-refractivity contribution in [1.82, 2.24) is 0 Å². The molecule has 0 spiro atoms. The minimum absolute atomic E-state index is 0.0363. The number of benzene rings is 12. The van der Waals surface area contributed by atoms with Crippen LogP contribution in [0.5, 0.6) is 0 Å². The van der Waals surface area contributed by atoms with Gasteiger partial charge in [-0.15, -0.1) is 0 Å². The summed E-state index contributed by atoms with van der Waals surface area (Å²) < 4.78 is 183. The Balaban J connectivity index is 0.000000165. The van der Waals surface area contributed by atoms with Crippen molar-refractivity contribution in [2.24, 2.45) is 0 Å². The predicted molar refractivity (Wildman–Crippen MR) is 382 cm³/mol. The van der Waals surface area contributed by atoms with Crippen molar-refractivity contribution in [1.29, 1.82) is 0 Å². The summed E-state index contributed by atoms with van der Waals surface area (Å²) in [5.74, 6) is -9.39. The highest BCUT2D eigenvalue weighted by Gasteiger charge is 2.27. The second-order valence-electron chi connectivity index (χ2n) is 21.5. The Labute approximate surface area is 623 Å². The second-order valence-corrected chi connectivity index (χ2v) is 30.6. The Bertz CT molecular complexity index is 5310. The number of sulfone groups is 3. The monoisotopic (exact) mass is 1610 g/mol. The van der Waals surface area contributed by atoms with Gasteiger partial charge in [-0.05, 0) is 168 Å². The van der Waals surface area contributed by atoms with E-state index in [9.17, 15) is 74.8 Å². The molecule has 28 heteroatoms. The van der Waals surface area contributed by atoms with E-state index in [-0.39, 0.29) is 71.7 Å². The smallest absolute Gasteiger partial charge is 0.209 e. The van der Waals surface area contributed by atoms with E-state index < -0.39 is 105 Å². The first-order valence-corrected chi connectivity index (χ1v) is 36.5. The van der Waals surface area contributed by atoms with Crippen LogP contribution in [0.25, 0.3) is 22.3 Å². The molecule has 0 atom stereocenters. The van der Waals surface area contributed by atoms with Crippen LogP contribution in [-0.4, -0.2) is 42.6 Å². The number of carbonyl (C=O) groups is 3. The second kappa shape index (κ2) is 33.4. The van der Waals surface area contributed by atoms with Gasteiger partial charge in [0.25, 0.3) is 0 Å². The van der Waals surface area contributed by atoms with Crippen LogP contribution in [0.15, 0.2) is 272 Å². The molecule has 0 aliphatic rings. The molecule has 0 N–H and O–H groups in total. The molecule has 0 saturated carbocycles. The first-order chi connectivity index (χ1) is 48.6. The maximum Gasteiger partial charge on any atom is 0.209 e. The standard InChI is InChI=1S/C26H14F4O2.C24H14Cl4O4S2.C13H6F4O.C12H6Cl4O2S/c27-19-9-11-21(23(29)13-19)25(31)17-5-1-15(2-6-17)16-3-7-18(8-4-16)26(32)22-12-10-20(28)14-24(22)30;25-17-5-11-23(21(27)13-17)33(29,30)19-7-1-15(2-8-19)16-3-9-20(10-4-16)34(31,32)24-12-6-18(26)14-22(24)28;14-7-1-3-9(11(16)5-7)13(18)10-4-2-8(15)6-12(10)17;13-7-1-3-11(9(15)5-7)19(17,18)12-4-2-8(14)6-10(12)16/h1-14H;1-14H;1-6H;1-6H. The largest absolute Gasteiger partial charge is 0.288 e. The molecule has 0 amide bonds. The zero-order valence-corrected chi connectivity index (χ0v) is 60.0. The fraction of sp³-hybridized carbons (Fsp3) is 0. The summed E-state index contributed by atoms with van der Waals surface area (Å²) in [6.07, 6.45) is 0. The van der Waals surface area contributed by atoms with Crippen LogP contribution < -0.4 is 0 Å². The minimum Gasteiger partial charge on any atom is -0.288 e. The molecule has 12 aromatic carbocycles. The molecule has 9 nitrogen and oxygen atoms in total. The van der Waals surface area contributed by atoms with Crippen LogP contribution >= 0.6 is 92.8 Å². The number of carbonyl (C=O) groups excluding carboxylic acids is 3. The molecule has 0 unspecified atom stereocenters. The molecule has 0 fully saturated rings. The normalized spacial score (nSPS) is 11.3. The molecular weight excluding hydrogens is 1580 g/mol. The first-order valence-electron chi connectivity index (χ1n) is 29.1. The van der Waals surface area contributed by atoms with Gasteiger partial charge in [0.05, 0.1) is 71.7 Å². The minimum atomic E-state index is -3.84. The molecule has 0 radical (unpaired) electrons. The average molecular weight is 1620 g/mol. The van der Waals surface area contributed by atoms with E-state index in [1.54, 1.807) is 48.5 Å². The highest BCUT2D eigenvalue weighted by Crippen LogP contribution is 2.37. The molecular formula is C75H40Cl8F8O9S3. The van der Waals surface area contributed by atoms with E-state index in [0.29, 0.717) is 55.5 Å². The van der Waals surface area contributed by atoms with Crippen molar-refractivity contribution in [3.63, 3.8) is 0 Å². The van der Waals surface area contributed by atoms with Crippen molar-refractivity contribution in [2.75, 3.05) is 0 Å². The summed E-state index contributed by atoms with van der Waals surface area (Å²) >= 11 is 47.2. The van der Waals surface area contributed by atoms with Gasteiger partial charge >= 0.3 is 0 Å². The highest BCUT2D eigenvalue weighted by atomic mass is 35.5. The third-order valence-electron chi connectivity index (χ3n) is 14.7. The first kappa shape index (κ1) is 78.4. The van der Waals surface area contributed by atoms with Crippen LogP contribution in [0.1, 0.15) is 47.8 Å². The quantitative estimate of drug-likeness (QED) is 0.0764. The molecule has 524 valence electrons. The average Bonchev–Trinajstić information content (AvgIpc) is 0.792. The number of ketones is 3. The lowest BCUT2D eigenvalue weighted by Crippen LogP contribution is -2.07. The molecule has 0 aromatic heterocycles. The van der Waals surface area contributed by atoms with Crippen molar-refractivity contribution in [3.8, 4) is 22.3 Å². The van der Waals surface area contributed by atoms with Gasteiger partial charge in [0.1, 0.15) is 46.5 Å². The Morgan fingerprint density at radius 2 is 0.447 bits per heavy atom. The van der Waals surface area contributed by atoms with Gasteiger partial charge in [-0.2, -0.15) is 0 Å². The molecule has 12 rings (SSSR count). The van der Waals surface area contributed by atoms with E-state index in [2.05, 4.69) is 0 Å². The highest BCUT2D eigenvalue weighted by molar-refractivity contribution is 7.92. The molecule has 0 aliphatic carbocycles. The lowest BCUT2D eigenvalue weighted by Gasteiger charge is -2.10. The van der Waals surface area contributed by atoms with Gasteiger partial charge in [-0.3, -0.25) is 14.4 Å². The maximum atomic E-state index is 13.9. The predicted octanol–water partition coefficient (Wildman–Crippen LogP) is 22.6. The third kappa shape index (κ3) is 18.8. The van der Waals surface area contributed by atoms with Gasteiger partial charge in [0.15, 0.2) is 17.3 Å². The number of rotatable bonds is 14. The van der Waals surface area contributed by atoms with Crippen LogP contribution in [0.4, 0.5) is 35.1 Å². The van der Waals surface area contributed by atoms with E-state index in [1.165, 1.54) is 121 Å². The van der Waals surface area contributed by atoms with Crippen LogP contribution in [-0.2, 0) is 29.5 Å².